The van der Waals surface area contributed by atoms with Gasteiger partial charge in [-0.25, -0.2) is 0 Å². The molecule has 1 N–H and O–H groups in total. The number of amides is 1. The van der Waals surface area contributed by atoms with Crippen molar-refractivity contribution in [1.29, 1.82) is 0 Å². The average Bonchev–Trinajstić information content (AvgIpc) is 3.29. The standard InChI is InChI=1S/C21H33N5O2.HI/c1-17(20(27)25-10-4-5-11-25)24-12-14-26(15-13-24)21(22-2)23-16-18-6-8-19(28-3)9-7-18;/h6-9,17H,4-5,10-16H2,1-3H3,(H,22,23);1H. The van der Waals surface area contributed by atoms with Crippen LogP contribution in [-0.4, -0.2) is 86.0 Å². The number of hydrogen-bond donors (Lipinski definition) is 1. The van der Waals surface area contributed by atoms with Crippen LogP contribution in [0.2, 0.25) is 0 Å². The molecule has 2 aliphatic heterocycles. The highest BCUT2D eigenvalue weighted by atomic mass is 127. The van der Waals surface area contributed by atoms with Crippen molar-refractivity contribution in [2.24, 2.45) is 4.99 Å². The Labute approximate surface area is 191 Å². The number of piperazine rings is 1. The van der Waals surface area contributed by atoms with E-state index in [1.807, 2.05) is 31.0 Å². The van der Waals surface area contributed by atoms with Crippen LogP contribution in [-0.2, 0) is 11.3 Å². The van der Waals surface area contributed by atoms with E-state index in [0.717, 1.165) is 70.4 Å². The summed E-state index contributed by atoms with van der Waals surface area (Å²) in [5.41, 5.74) is 1.19. The summed E-state index contributed by atoms with van der Waals surface area (Å²) in [7, 11) is 3.50. The molecule has 2 saturated heterocycles. The molecular formula is C21H34IN5O2. The number of halogens is 1. The minimum absolute atomic E-state index is 0. The Balaban J connectivity index is 0.00000300. The number of carbonyl (C=O) groups excluding carboxylic acids is 1. The number of nitrogens with zero attached hydrogens (tertiary/aromatic N) is 4. The largest absolute Gasteiger partial charge is 0.497 e. The van der Waals surface area contributed by atoms with E-state index in [1.54, 1.807) is 7.11 Å². The predicted molar refractivity (Wildman–Crippen MR) is 127 cm³/mol. The van der Waals surface area contributed by atoms with Gasteiger partial charge in [0.15, 0.2) is 5.96 Å². The maximum atomic E-state index is 12.6. The quantitative estimate of drug-likeness (QED) is 0.370. The zero-order valence-electron chi connectivity index (χ0n) is 17.8. The van der Waals surface area contributed by atoms with Crippen molar-refractivity contribution in [2.75, 3.05) is 53.4 Å². The molecule has 1 aromatic carbocycles. The summed E-state index contributed by atoms with van der Waals surface area (Å²) in [6, 6.07) is 8.02. The van der Waals surface area contributed by atoms with E-state index in [0.29, 0.717) is 0 Å². The number of guanidine groups is 1. The van der Waals surface area contributed by atoms with Crippen LogP contribution in [0.4, 0.5) is 0 Å². The third kappa shape index (κ3) is 6.21. The second kappa shape index (κ2) is 11.6. The summed E-state index contributed by atoms with van der Waals surface area (Å²) in [5, 5.41) is 3.45. The van der Waals surface area contributed by atoms with Crippen molar-refractivity contribution < 1.29 is 9.53 Å². The molecule has 1 aromatic rings. The van der Waals surface area contributed by atoms with Crippen LogP contribution in [0.1, 0.15) is 25.3 Å². The van der Waals surface area contributed by atoms with Crippen LogP contribution >= 0.6 is 24.0 Å². The summed E-state index contributed by atoms with van der Waals surface area (Å²) < 4.78 is 5.21. The summed E-state index contributed by atoms with van der Waals surface area (Å²) >= 11 is 0. The van der Waals surface area contributed by atoms with Gasteiger partial charge in [-0.05, 0) is 37.5 Å². The third-order valence-corrected chi connectivity index (χ3v) is 5.76. The van der Waals surface area contributed by atoms with Crippen molar-refractivity contribution in [3.63, 3.8) is 0 Å². The van der Waals surface area contributed by atoms with E-state index in [4.69, 9.17) is 4.74 Å². The first-order valence-electron chi connectivity index (χ1n) is 10.2. The zero-order valence-corrected chi connectivity index (χ0v) is 20.1. The predicted octanol–water partition coefficient (Wildman–Crippen LogP) is 2.02. The fourth-order valence-electron chi connectivity index (χ4n) is 3.94. The zero-order chi connectivity index (χ0) is 19.9. The average molecular weight is 515 g/mol. The van der Waals surface area contributed by atoms with Gasteiger partial charge in [0.05, 0.1) is 13.2 Å². The van der Waals surface area contributed by atoms with E-state index in [9.17, 15) is 4.79 Å². The molecule has 1 amide bonds. The molecule has 1 unspecified atom stereocenters. The molecule has 29 heavy (non-hydrogen) atoms. The third-order valence-electron chi connectivity index (χ3n) is 5.76. The molecule has 0 radical (unpaired) electrons. The van der Waals surface area contributed by atoms with Gasteiger partial charge >= 0.3 is 0 Å². The molecule has 3 rings (SSSR count). The lowest BCUT2D eigenvalue weighted by Gasteiger charge is -2.39. The van der Waals surface area contributed by atoms with E-state index in [-0.39, 0.29) is 35.9 Å². The maximum absolute atomic E-state index is 12.6. The minimum Gasteiger partial charge on any atom is -0.497 e. The highest BCUT2D eigenvalue weighted by molar-refractivity contribution is 14.0. The van der Waals surface area contributed by atoms with Gasteiger partial charge in [-0.1, -0.05) is 12.1 Å². The van der Waals surface area contributed by atoms with Crippen molar-refractivity contribution >= 4 is 35.8 Å². The summed E-state index contributed by atoms with van der Waals surface area (Å²) in [4.78, 5) is 23.7. The van der Waals surface area contributed by atoms with Crippen LogP contribution in [0.25, 0.3) is 0 Å². The van der Waals surface area contributed by atoms with E-state index in [1.165, 1.54) is 5.56 Å². The van der Waals surface area contributed by atoms with Gasteiger partial charge in [0.25, 0.3) is 0 Å². The van der Waals surface area contributed by atoms with Crippen LogP contribution in [0, 0.1) is 0 Å². The molecule has 0 bridgehead atoms. The molecule has 1 atom stereocenters. The Morgan fingerprint density at radius 1 is 1.07 bits per heavy atom. The fraction of sp³-hybridized carbons (Fsp3) is 0.619. The Hall–Kier alpha value is -1.55. The van der Waals surface area contributed by atoms with Gasteiger partial charge in [-0.2, -0.15) is 0 Å². The second-order valence-corrected chi connectivity index (χ2v) is 7.48. The first-order valence-corrected chi connectivity index (χ1v) is 10.2. The SMILES string of the molecule is CN=C(NCc1ccc(OC)cc1)N1CCN(C(C)C(=O)N2CCCC2)CC1.I. The minimum atomic E-state index is -0.0328. The number of ether oxygens (including phenoxy) is 1. The Bertz CT molecular complexity index is 668. The Morgan fingerprint density at radius 3 is 2.24 bits per heavy atom. The van der Waals surface area contributed by atoms with Crippen molar-refractivity contribution in [3.8, 4) is 5.75 Å². The fourth-order valence-corrected chi connectivity index (χ4v) is 3.94. The summed E-state index contributed by atoms with van der Waals surface area (Å²) in [5.74, 6) is 2.06. The van der Waals surface area contributed by atoms with E-state index < -0.39 is 0 Å². The van der Waals surface area contributed by atoms with Crippen molar-refractivity contribution in [3.05, 3.63) is 29.8 Å². The normalized spacial score (nSPS) is 18.9. The van der Waals surface area contributed by atoms with Gasteiger partial charge in [0.1, 0.15) is 5.75 Å². The number of nitrogens with one attached hydrogen (secondary N) is 1. The summed E-state index contributed by atoms with van der Waals surface area (Å²) in [6.07, 6.45) is 2.28. The second-order valence-electron chi connectivity index (χ2n) is 7.48. The van der Waals surface area contributed by atoms with Crippen LogP contribution in [0.5, 0.6) is 5.75 Å². The molecule has 0 aromatic heterocycles. The van der Waals surface area contributed by atoms with Crippen LogP contribution in [0.15, 0.2) is 29.3 Å². The highest BCUT2D eigenvalue weighted by Crippen LogP contribution is 2.14. The molecule has 7 nitrogen and oxygen atoms in total. The topological polar surface area (TPSA) is 60.4 Å². The molecule has 0 aliphatic carbocycles. The number of benzene rings is 1. The first kappa shape index (κ1) is 23.7. The van der Waals surface area contributed by atoms with Gasteiger partial charge in [-0.3, -0.25) is 14.7 Å². The highest BCUT2D eigenvalue weighted by Gasteiger charge is 2.30. The Kier molecular flexibility index (Phi) is 9.48. The number of rotatable bonds is 5. The first-order chi connectivity index (χ1) is 13.6. The lowest BCUT2D eigenvalue weighted by atomic mass is 10.2. The molecular weight excluding hydrogens is 481 g/mol. The molecule has 2 aliphatic rings. The number of carbonyl (C=O) groups is 1. The monoisotopic (exact) mass is 515 g/mol. The number of likely N-dealkylation sites (tertiary alicyclic amines) is 1. The maximum Gasteiger partial charge on any atom is 0.239 e. The lowest BCUT2D eigenvalue weighted by molar-refractivity contribution is -0.135. The van der Waals surface area contributed by atoms with Crippen LogP contribution < -0.4 is 10.1 Å². The van der Waals surface area contributed by atoms with E-state index >= 15 is 0 Å². The summed E-state index contributed by atoms with van der Waals surface area (Å²) in [6.45, 7) is 8.12. The molecule has 0 spiro atoms. The lowest BCUT2D eigenvalue weighted by Crippen LogP contribution is -2.57. The van der Waals surface area contributed by atoms with Crippen LogP contribution in [0.3, 0.4) is 0 Å². The number of methoxy groups -OCH3 is 1. The van der Waals surface area contributed by atoms with Gasteiger partial charge < -0.3 is 19.9 Å². The number of hydrogen-bond acceptors (Lipinski definition) is 4. The molecule has 2 heterocycles. The molecule has 162 valence electrons. The van der Waals surface area contributed by atoms with E-state index in [2.05, 4.69) is 32.2 Å². The molecule has 8 heteroatoms. The van der Waals surface area contributed by atoms with Gasteiger partial charge in [0.2, 0.25) is 5.91 Å². The molecule has 0 saturated carbocycles. The smallest absolute Gasteiger partial charge is 0.239 e. The van der Waals surface area contributed by atoms with Crippen molar-refractivity contribution in [1.82, 2.24) is 20.0 Å². The van der Waals surface area contributed by atoms with Gasteiger partial charge in [0, 0.05) is 52.9 Å². The molecule has 2 fully saturated rings. The number of aliphatic imine (C=N–C) groups is 1. The van der Waals surface area contributed by atoms with Gasteiger partial charge in [-0.15, -0.1) is 24.0 Å². The Morgan fingerprint density at radius 2 is 1.69 bits per heavy atom. The van der Waals surface area contributed by atoms with Crippen molar-refractivity contribution in [2.45, 2.75) is 32.4 Å².